The SMILES string of the molecule is CC(=O)Nc1ccc(C2COCCN2)cc1. The van der Waals surface area contributed by atoms with Crippen molar-refractivity contribution in [1.82, 2.24) is 5.32 Å². The third-order valence-corrected chi connectivity index (χ3v) is 2.56. The van der Waals surface area contributed by atoms with Crippen LogP contribution < -0.4 is 10.6 Å². The predicted molar refractivity (Wildman–Crippen MR) is 62.3 cm³/mol. The van der Waals surface area contributed by atoms with Crippen molar-refractivity contribution in [3.8, 4) is 0 Å². The Morgan fingerprint density at radius 3 is 2.75 bits per heavy atom. The van der Waals surface area contributed by atoms with Crippen molar-refractivity contribution >= 4 is 11.6 Å². The summed E-state index contributed by atoms with van der Waals surface area (Å²) in [5.41, 5.74) is 2.02. The Bertz CT molecular complexity index is 356. The summed E-state index contributed by atoms with van der Waals surface area (Å²) in [6, 6.07) is 8.11. The van der Waals surface area contributed by atoms with Gasteiger partial charge < -0.3 is 15.4 Å². The first-order valence-corrected chi connectivity index (χ1v) is 5.44. The van der Waals surface area contributed by atoms with Crippen molar-refractivity contribution in [2.24, 2.45) is 0 Å². The van der Waals surface area contributed by atoms with E-state index in [2.05, 4.69) is 10.6 Å². The maximum Gasteiger partial charge on any atom is 0.221 e. The number of rotatable bonds is 2. The molecule has 1 amide bonds. The molecule has 1 atom stereocenters. The maximum atomic E-state index is 10.9. The number of carbonyl (C=O) groups is 1. The third-order valence-electron chi connectivity index (χ3n) is 2.56. The molecule has 0 aromatic heterocycles. The van der Waals surface area contributed by atoms with Crippen molar-refractivity contribution in [2.75, 3.05) is 25.1 Å². The third kappa shape index (κ3) is 2.81. The van der Waals surface area contributed by atoms with E-state index in [0.29, 0.717) is 6.61 Å². The summed E-state index contributed by atoms with van der Waals surface area (Å²) in [4.78, 5) is 10.9. The molecule has 1 heterocycles. The quantitative estimate of drug-likeness (QED) is 0.790. The molecule has 0 aliphatic carbocycles. The van der Waals surface area contributed by atoms with Crippen LogP contribution in [0, 0.1) is 0 Å². The van der Waals surface area contributed by atoms with Crippen LogP contribution in [0.5, 0.6) is 0 Å². The number of ether oxygens (including phenoxy) is 1. The molecule has 86 valence electrons. The Morgan fingerprint density at radius 1 is 1.44 bits per heavy atom. The molecule has 1 aliphatic rings. The molecule has 16 heavy (non-hydrogen) atoms. The number of benzene rings is 1. The van der Waals surface area contributed by atoms with Gasteiger partial charge in [-0.1, -0.05) is 12.1 Å². The van der Waals surface area contributed by atoms with E-state index >= 15 is 0 Å². The zero-order chi connectivity index (χ0) is 11.4. The zero-order valence-corrected chi connectivity index (χ0v) is 9.32. The van der Waals surface area contributed by atoms with E-state index in [0.717, 1.165) is 18.8 Å². The average molecular weight is 220 g/mol. The number of nitrogens with one attached hydrogen (secondary N) is 2. The van der Waals surface area contributed by atoms with Crippen molar-refractivity contribution in [2.45, 2.75) is 13.0 Å². The van der Waals surface area contributed by atoms with Crippen LogP contribution in [0.3, 0.4) is 0 Å². The van der Waals surface area contributed by atoms with Crippen LogP contribution in [-0.2, 0) is 9.53 Å². The maximum absolute atomic E-state index is 10.9. The van der Waals surface area contributed by atoms with Crippen LogP contribution in [-0.4, -0.2) is 25.7 Å². The van der Waals surface area contributed by atoms with Gasteiger partial charge in [0.15, 0.2) is 0 Å². The van der Waals surface area contributed by atoms with Gasteiger partial charge in [0.05, 0.1) is 19.3 Å². The number of anilines is 1. The molecule has 1 aromatic rings. The second kappa shape index (κ2) is 5.09. The lowest BCUT2D eigenvalue weighted by molar-refractivity contribution is -0.114. The second-order valence-electron chi connectivity index (χ2n) is 3.88. The molecule has 0 radical (unpaired) electrons. The first-order valence-electron chi connectivity index (χ1n) is 5.44. The van der Waals surface area contributed by atoms with Gasteiger partial charge in [-0.05, 0) is 17.7 Å². The van der Waals surface area contributed by atoms with Gasteiger partial charge in [-0.2, -0.15) is 0 Å². The van der Waals surface area contributed by atoms with Crippen LogP contribution in [0.2, 0.25) is 0 Å². The molecule has 2 N–H and O–H groups in total. The smallest absolute Gasteiger partial charge is 0.221 e. The van der Waals surface area contributed by atoms with E-state index in [1.54, 1.807) is 0 Å². The Kier molecular flexibility index (Phi) is 3.54. The molecule has 1 unspecified atom stereocenters. The minimum Gasteiger partial charge on any atom is -0.378 e. The van der Waals surface area contributed by atoms with Crippen molar-refractivity contribution < 1.29 is 9.53 Å². The van der Waals surface area contributed by atoms with E-state index < -0.39 is 0 Å². The van der Waals surface area contributed by atoms with Gasteiger partial charge in [0.25, 0.3) is 0 Å². The van der Waals surface area contributed by atoms with Crippen molar-refractivity contribution in [3.63, 3.8) is 0 Å². The summed E-state index contributed by atoms with van der Waals surface area (Å²) in [5, 5.41) is 6.13. The van der Waals surface area contributed by atoms with Gasteiger partial charge in [0.2, 0.25) is 5.91 Å². The Hall–Kier alpha value is -1.39. The number of amides is 1. The molecule has 4 heteroatoms. The Balaban J connectivity index is 2.03. The molecule has 0 bridgehead atoms. The molecule has 1 aliphatic heterocycles. The highest BCUT2D eigenvalue weighted by Crippen LogP contribution is 2.18. The van der Waals surface area contributed by atoms with E-state index in [-0.39, 0.29) is 11.9 Å². The molecular formula is C12H16N2O2. The van der Waals surface area contributed by atoms with Gasteiger partial charge in [-0.3, -0.25) is 4.79 Å². The highest BCUT2D eigenvalue weighted by molar-refractivity contribution is 5.88. The van der Waals surface area contributed by atoms with Gasteiger partial charge in [0, 0.05) is 19.2 Å². The minimum atomic E-state index is -0.0492. The summed E-state index contributed by atoms with van der Waals surface area (Å²) < 4.78 is 5.40. The fourth-order valence-corrected chi connectivity index (χ4v) is 1.78. The first-order chi connectivity index (χ1) is 7.75. The van der Waals surface area contributed by atoms with E-state index in [1.807, 2.05) is 24.3 Å². The fourth-order valence-electron chi connectivity index (χ4n) is 1.78. The highest BCUT2D eigenvalue weighted by atomic mass is 16.5. The summed E-state index contributed by atoms with van der Waals surface area (Å²) in [5.74, 6) is -0.0492. The van der Waals surface area contributed by atoms with Gasteiger partial charge in [-0.15, -0.1) is 0 Å². The van der Waals surface area contributed by atoms with E-state index in [1.165, 1.54) is 12.5 Å². The van der Waals surface area contributed by atoms with Crippen LogP contribution in [0.4, 0.5) is 5.69 Å². The number of hydrogen-bond donors (Lipinski definition) is 2. The molecule has 0 saturated carbocycles. The summed E-state index contributed by atoms with van der Waals surface area (Å²) in [7, 11) is 0. The van der Waals surface area contributed by atoms with Gasteiger partial charge in [-0.25, -0.2) is 0 Å². The largest absolute Gasteiger partial charge is 0.378 e. The highest BCUT2D eigenvalue weighted by Gasteiger charge is 2.14. The number of morpholine rings is 1. The lowest BCUT2D eigenvalue weighted by Crippen LogP contribution is -2.34. The fraction of sp³-hybridized carbons (Fsp3) is 0.417. The summed E-state index contributed by atoms with van der Waals surface area (Å²) >= 11 is 0. The van der Waals surface area contributed by atoms with Crippen molar-refractivity contribution in [1.29, 1.82) is 0 Å². The molecule has 1 aromatic carbocycles. The molecule has 1 fully saturated rings. The van der Waals surface area contributed by atoms with Crippen LogP contribution >= 0.6 is 0 Å². The van der Waals surface area contributed by atoms with Gasteiger partial charge in [0.1, 0.15) is 0 Å². The standard InChI is InChI=1S/C12H16N2O2/c1-9(15)14-11-4-2-10(3-5-11)12-8-16-7-6-13-12/h2-5,12-13H,6-8H2,1H3,(H,14,15). The van der Waals surface area contributed by atoms with Gasteiger partial charge >= 0.3 is 0 Å². The van der Waals surface area contributed by atoms with E-state index in [9.17, 15) is 4.79 Å². The molecule has 4 nitrogen and oxygen atoms in total. The Morgan fingerprint density at radius 2 is 2.19 bits per heavy atom. The van der Waals surface area contributed by atoms with Crippen LogP contribution in [0.25, 0.3) is 0 Å². The molecule has 1 saturated heterocycles. The molecule has 2 rings (SSSR count). The minimum absolute atomic E-state index is 0.0492. The number of carbonyl (C=O) groups excluding carboxylic acids is 1. The zero-order valence-electron chi connectivity index (χ0n) is 9.32. The summed E-state index contributed by atoms with van der Waals surface area (Å²) in [6.45, 7) is 3.88. The number of hydrogen-bond acceptors (Lipinski definition) is 3. The van der Waals surface area contributed by atoms with Crippen LogP contribution in [0.1, 0.15) is 18.5 Å². The van der Waals surface area contributed by atoms with Crippen molar-refractivity contribution in [3.05, 3.63) is 29.8 Å². The first kappa shape index (κ1) is 11.1. The Labute approximate surface area is 95.0 Å². The van der Waals surface area contributed by atoms with E-state index in [4.69, 9.17) is 4.74 Å². The normalized spacial score (nSPS) is 20.4. The molecule has 0 spiro atoms. The average Bonchev–Trinajstić information content (AvgIpc) is 2.30. The lowest BCUT2D eigenvalue weighted by Gasteiger charge is -2.24. The monoisotopic (exact) mass is 220 g/mol. The predicted octanol–water partition coefficient (Wildman–Crippen LogP) is 1.31. The topological polar surface area (TPSA) is 50.4 Å². The molecular weight excluding hydrogens is 204 g/mol. The second-order valence-corrected chi connectivity index (χ2v) is 3.88. The van der Waals surface area contributed by atoms with Crippen LogP contribution in [0.15, 0.2) is 24.3 Å². The lowest BCUT2D eigenvalue weighted by atomic mass is 10.1. The summed E-state index contributed by atoms with van der Waals surface area (Å²) in [6.07, 6.45) is 0.